The molecule has 0 aliphatic heterocycles. The molecule has 0 saturated heterocycles. The first-order valence-electron chi connectivity index (χ1n) is 6.49. The highest BCUT2D eigenvalue weighted by molar-refractivity contribution is 7.80. The number of nitrogens with two attached hydrogens (primary N) is 1. The van der Waals surface area contributed by atoms with Crippen LogP contribution in [0.2, 0.25) is 0 Å². The van der Waals surface area contributed by atoms with E-state index in [1.807, 2.05) is 18.2 Å². The molecule has 5 heteroatoms. The highest BCUT2D eigenvalue weighted by Gasteiger charge is 2.12. The van der Waals surface area contributed by atoms with E-state index in [0.717, 1.165) is 12.0 Å². The van der Waals surface area contributed by atoms with E-state index in [0.29, 0.717) is 22.8 Å². The molecule has 0 unspecified atom stereocenters. The molecule has 0 atom stereocenters. The summed E-state index contributed by atoms with van der Waals surface area (Å²) in [5.41, 5.74) is 7.09. The van der Waals surface area contributed by atoms with Crippen molar-refractivity contribution < 1.29 is 13.9 Å². The minimum Gasteiger partial charge on any atom is -0.493 e. The van der Waals surface area contributed by atoms with Crippen molar-refractivity contribution in [3.63, 3.8) is 0 Å². The van der Waals surface area contributed by atoms with Crippen molar-refractivity contribution >= 4 is 17.2 Å². The van der Waals surface area contributed by atoms with Gasteiger partial charge in [-0.2, -0.15) is 0 Å². The number of methoxy groups -OCH3 is 1. The van der Waals surface area contributed by atoms with Crippen molar-refractivity contribution in [3.05, 3.63) is 53.3 Å². The first-order chi connectivity index (χ1) is 10.0. The third kappa shape index (κ3) is 3.49. The van der Waals surface area contributed by atoms with E-state index in [4.69, 9.17) is 27.4 Å². The lowest BCUT2D eigenvalue weighted by Crippen LogP contribution is -2.11. The maximum atomic E-state index is 13.3. The summed E-state index contributed by atoms with van der Waals surface area (Å²) in [6.45, 7) is 2.06. The molecule has 0 aliphatic rings. The van der Waals surface area contributed by atoms with Crippen molar-refractivity contribution in [2.75, 3.05) is 7.11 Å². The van der Waals surface area contributed by atoms with Crippen LogP contribution >= 0.6 is 12.2 Å². The average Bonchev–Trinajstić information content (AvgIpc) is 2.49. The minimum atomic E-state index is -0.418. The first kappa shape index (κ1) is 15.3. The van der Waals surface area contributed by atoms with Gasteiger partial charge in [0.15, 0.2) is 11.5 Å². The Hall–Kier alpha value is -2.14. The number of ether oxygens (including phenoxy) is 2. The molecular weight excluding hydrogens is 289 g/mol. The summed E-state index contributed by atoms with van der Waals surface area (Å²) in [6.07, 6.45) is 0.894. The third-order valence-electron chi connectivity index (χ3n) is 3.06. The molecule has 2 aromatic carbocycles. The molecule has 3 nitrogen and oxygen atoms in total. The second-order valence-electron chi connectivity index (χ2n) is 4.45. The minimum absolute atomic E-state index is 0.0774. The van der Waals surface area contributed by atoms with Crippen LogP contribution in [-0.4, -0.2) is 12.1 Å². The molecule has 0 heterocycles. The van der Waals surface area contributed by atoms with Gasteiger partial charge in [-0.15, -0.1) is 0 Å². The number of benzene rings is 2. The zero-order valence-electron chi connectivity index (χ0n) is 11.9. The number of halogens is 1. The molecule has 0 bridgehead atoms. The van der Waals surface area contributed by atoms with Crippen molar-refractivity contribution in [1.82, 2.24) is 0 Å². The second kappa shape index (κ2) is 6.54. The molecule has 2 N–H and O–H groups in total. The van der Waals surface area contributed by atoms with Crippen LogP contribution < -0.4 is 15.2 Å². The van der Waals surface area contributed by atoms with Gasteiger partial charge < -0.3 is 15.2 Å². The maximum Gasteiger partial charge on any atom is 0.169 e. The number of thiocarbonyl (C=S) groups is 1. The third-order valence-corrected chi connectivity index (χ3v) is 3.28. The molecule has 0 fully saturated rings. The fraction of sp³-hybridized carbons (Fsp3) is 0.188. The summed E-state index contributed by atoms with van der Waals surface area (Å²) in [7, 11) is 1.57. The molecular formula is C16H16FNO2S. The zero-order valence-corrected chi connectivity index (χ0v) is 12.7. The highest BCUT2D eigenvalue weighted by Crippen LogP contribution is 2.34. The fourth-order valence-corrected chi connectivity index (χ4v) is 2.08. The number of hydrogen-bond donors (Lipinski definition) is 1. The lowest BCUT2D eigenvalue weighted by atomic mass is 10.1. The predicted octanol–water partition coefficient (Wildman–Crippen LogP) is 3.82. The Labute approximate surface area is 128 Å². The molecule has 0 radical (unpaired) electrons. The van der Waals surface area contributed by atoms with E-state index in [1.54, 1.807) is 7.11 Å². The van der Waals surface area contributed by atoms with Crippen LogP contribution in [-0.2, 0) is 6.42 Å². The second-order valence-corrected chi connectivity index (χ2v) is 4.89. The highest BCUT2D eigenvalue weighted by atomic mass is 32.1. The summed E-state index contributed by atoms with van der Waals surface area (Å²) in [4.78, 5) is 0.0774. The van der Waals surface area contributed by atoms with Crippen LogP contribution in [0.4, 0.5) is 4.39 Å². The van der Waals surface area contributed by atoms with Gasteiger partial charge in [-0.05, 0) is 42.3 Å². The number of aryl methyl sites for hydroxylation is 1. The summed E-state index contributed by atoms with van der Waals surface area (Å²) < 4.78 is 24.4. The molecule has 21 heavy (non-hydrogen) atoms. The van der Waals surface area contributed by atoms with Crippen LogP contribution in [0.15, 0.2) is 36.4 Å². The Morgan fingerprint density at radius 2 is 1.86 bits per heavy atom. The Kier molecular flexibility index (Phi) is 4.75. The summed E-state index contributed by atoms with van der Waals surface area (Å²) in [5.74, 6) is 1.11. The standard InChI is InChI=1S/C16H16FNO2S/c1-3-10-4-6-14(15(8-10)19-2)20-13-7-5-11(17)9-12(13)16(18)21/h4-9H,3H2,1-2H3,(H2,18,21). The predicted molar refractivity (Wildman–Crippen MR) is 84.7 cm³/mol. The van der Waals surface area contributed by atoms with Gasteiger partial charge in [-0.25, -0.2) is 4.39 Å². The normalized spacial score (nSPS) is 10.2. The lowest BCUT2D eigenvalue weighted by molar-refractivity contribution is 0.378. The molecule has 110 valence electrons. The van der Waals surface area contributed by atoms with E-state index in [-0.39, 0.29) is 4.99 Å². The Morgan fingerprint density at radius 1 is 1.14 bits per heavy atom. The number of hydrogen-bond acceptors (Lipinski definition) is 3. The van der Waals surface area contributed by atoms with Crippen molar-refractivity contribution in [1.29, 1.82) is 0 Å². The van der Waals surface area contributed by atoms with Crippen LogP contribution in [0, 0.1) is 5.82 Å². The van der Waals surface area contributed by atoms with E-state index >= 15 is 0 Å². The smallest absolute Gasteiger partial charge is 0.169 e. The summed E-state index contributed by atoms with van der Waals surface area (Å²) >= 11 is 4.93. The Bertz CT molecular complexity index is 673. The van der Waals surface area contributed by atoms with Crippen molar-refractivity contribution in [2.24, 2.45) is 5.73 Å². The molecule has 0 saturated carbocycles. The average molecular weight is 305 g/mol. The topological polar surface area (TPSA) is 44.5 Å². The first-order valence-corrected chi connectivity index (χ1v) is 6.90. The molecule has 0 aromatic heterocycles. The zero-order chi connectivity index (χ0) is 15.4. The lowest BCUT2D eigenvalue weighted by Gasteiger charge is -2.14. The van der Waals surface area contributed by atoms with Gasteiger partial charge in [0, 0.05) is 0 Å². The van der Waals surface area contributed by atoms with Crippen molar-refractivity contribution in [2.45, 2.75) is 13.3 Å². The SMILES string of the molecule is CCc1ccc(Oc2ccc(F)cc2C(N)=S)c(OC)c1. The van der Waals surface area contributed by atoms with E-state index < -0.39 is 5.82 Å². The Balaban J connectivity index is 2.40. The maximum absolute atomic E-state index is 13.3. The molecule has 0 spiro atoms. The van der Waals surface area contributed by atoms with Gasteiger partial charge in [-0.3, -0.25) is 0 Å². The van der Waals surface area contributed by atoms with Gasteiger partial charge in [0.2, 0.25) is 0 Å². The summed E-state index contributed by atoms with van der Waals surface area (Å²) in [5, 5.41) is 0. The molecule has 0 amide bonds. The van der Waals surface area contributed by atoms with E-state index in [2.05, 4.69) is 6.92 Å². The van der Waals surface area contributed by atoms with Gasteiger partial charge in [0.25, 0.3) is 0 Å². The number of rotatable bonds is 5. The quantitative estimate of drug-likeness (QED) is 0.853. The largest absolute Gasteiger partial charge is 0.493 e. The van der Waals surface area contributed by atoms with Crippen LogP contribution in [0.3, 0.4) is 0 Å². The monoisotopic (exact) mass is 305 g/mol. The molecule has 0 aliphatic carbocycles. The van der Waals surface area contributed by atoms with Gasteiger partial charge in [0.1, 0.15) is 16.6 Å². The van der Waals surface area contributed by atoms with Crippen LogP contribution in [0.25, 0.3) is 0 Å². The fourth-order valence-electron chi connectivity index (χ4n) is 1.92. The van der Waals surface area contributed by atoms with Crippen LogP contribution in [0.5, 0.6) is 17.2 Å². The van der Waals surface area contributed by atoms with E-state index in [1.165, 1.54) is 18.2 Å². The molecule has 2 aromatic rings. The van der Waals surface area contributed by atoms with Crippen molar-refractivity contribution in [3.8, 4) is 17.2 Å². The van der Waals surface area contributed by atoms with Crippen LogP contribution in [0.1, 0.15) is 18.1 Å². The summed E-state index contributed by atoms with van der Waals surface area (Å²) in [6, 6.07) is 9.71. The van der Waals surface area contributed by atoms with Gasteiger partial charge in [0.05, 0.1) is 12.7 Å². The van der Waals surface area contributed by atoms with Gasteiger partial charge >= 0.3 is 0 Å². The van der Waals surface area contributed by atoms with Gasteiger partial charge in [-0.1, -0.05) is 25.2 Å². The molecule has 2 rings (SSSR count). The Morgan fingerprint density at radius 3 is 2.48 bits per heavy atom. The van der Waals surface area contributed by atoms with E-state index in [9.17, 15) is 4.39 Å².